The molecule has 0 aromatic rings. The lowest BCUT2D eigenvalue weighted by Crippen LogP contribution is -2.32. The van der Waals surface area contributed by atoms with E-state index in [-0.39, 0.29) is 0 Å². The summed E-state index contributed by atoms with van der Waals surface area (Å²) in [5.41, 5.74) is 0.114. The summed E-state index contributed by atoms with van der Waals surface area (Å²) < 4.78 is 0. The summed E-state index contributed by atoms with van der Waals surface area (Å²) in [4.78, 5) is 0. The maximum absolute atomic E-state index is 9.82. The van der Waals surface area contributed by atoms with Crippen molar-refractivity contribution in [1.82, 2.24) is 5.32 Å². The lowest BCUT2D eigenvalue weighted by molar-refractivity contribution is 0.0894. The Hall–Kier alpha value is -0.340. The van der Waals surface area contributed by atoms with Crippen molar-refractivity contribution in [3.63, 3.8) is 0 Å². The zero-order chi connectivity index (χ0) is 10.5. The molecule has 0 saturated heterocycles. The van der Waals surface area contributed by atoms with Crippen LogP contribution in [0.3, 0.4) is 0 Å². The van der Waals surface area contributed by atoms with E-state index < -0.39 is 5.60 Å². The second kappa shape index (κ2) is 5.40. The summed E-state index contributed by atoms with van der Waals surface area (Å²) in [5, 5.41) is 13.1. The summed E-state index contributed by atoms with van der Waals surface area (Å²) in [6.07, 6.45) is 0.731. The lowest BCUT2D eigenvalue weighted by Gasteiger charge is -2.23. The molecule has 0 aliphatic carbocycles. The number of hydrogen-bond acceptors (Lipinski definition) is 2. The van der Waals surface area contributed by atoms with Gasteiger partial charge in [0, 0.05) is 0 Å². The first-order valence-electron chi connectivity index (χ1n) is 4.95. The Bertz CT molecular complexity index is 161. The van der Waals surface area contributed by atoms with Gasteiger partial charge in [-0.25, -0.2) is 0 Å². The number of hydrogen-bond donors (Lipinski definition) is 2. The van der Waals surface area contributed by atoms with Crippen molar-refractivity contribution in [3.05, 3.63) is 12.2 Å². The van der Waals surface area contributed by atoms with Gasteiger partial charge >= 0.3 is 0 Å². The van der Waals surface area contributed by atoms with Crippen LogP contribution in [0.1, 0.15) is 34.1 Å². The minimum atomic E-state index is -0.718. The van der Waals surface area contributed by atoms with Crippen LogP contribution in [0.15, 0.2) is 12.2 Å². The average Bonchev–Trinajstić information content (AvgIpc) is 1.97. The van der Waals surface area contributed by atoms with Crippen molar-refractivity contribution in [2.24, 2.45) is 5.92 Å². The highest BCUT2D eigenvalue weighted by atomic mass is 16.3. The maximum Gasteiger partial charge on any atom is 0.0835 e. The van der Waals surface area contributed by atoms with Crippen molar-refractivity contribution in [2.45, 2.75) is 39.7 Å². The van der Waals surface area contributed by atoms with E-state index in [9.17, 15) is 5.11 Å². The van der Waals surface area contributed by atoms with Crippen molar-refractivity contribution < 1.29 is 5.11 Å². The first-order chi connectivity index (χ1) is 5.86. The van der Waals surface area contributed by atoms with Gasteiger partial charge in [0.25, 0.3) is 0 Å². The fourth-order valence-electron chi connectivity index (χ4n) is 0.936. The monoisotopic (exact) mass is 185 g/mol. The molecule has 0 aromatic heterocycles. The third-order valence-electron chi connectivity index (χ3n) is 2.26. The van der Waals surface area contributed by atoms with Gasteiger partial charge < -0.3 is 10.4 Å². The standard InChI is InChI=1S/C11H23NO/c1-9(2)8-12-7-6-11(5,13)10(3)4/h9,12-13H,3,6-8H2,1-2,4-5H3. The lowest BCUT2D eigenvalue weighted by atomic mass is 9.95. The van der Waals surface area contributed by atoms with Gasteiger partial charge in [0.15, 0.2) is 0 Å². The molecule has 0 bridgehead atoms. The molecule has 2 nitrogen and oxygen atoms in total. The Labute approximate surface area is 82.0 Å². The minimum absolute atomic E-state index is 0.662. The highest BCUT2D eigenvalue weighted by Gasteiger charge is 2.19. The molecule has 78 valence electrons. The first-order valence-corrected chi connectivity index (χ1v) is 4.95. The van der Waals surface area contributed by atoms with Crippen LogP contribution in [0.25, 0.3) is 0 Å². The minimum Gasteiger partial charge on any atom is -0.386 e. The van der Waals surface area contributed by atoms with Gasteiger partial charge in [-0.15, -0.1) is 0 Å². The van der Waals surface area contributed by atoms with E-state index >= 15 is 0 Å². The molecule has 2 N–H and O–H groups in total. The third kappa shape index (κ3) is 5.83. The summed E-state index contributed by atoms with van der Waals surface area (Å²) >= 11 is 0. The fraction of sp³-hybridized carbons (Fsp3) is 0.818. The molecular weight excluding hydrogens is 162 g/mol. The van der Waals surface area contributed by atoms with Crippen LogP contribution in [0, 0.1) is 5.92 Å². The molecule has 0 amide bonds. The molecule has 0 aliphatic rings. The zero-order valence-corrected chi connectivity index (χ0v) is 9.35. The third-order valence-corrected chi connectivity index (χ3v) is 2.26. The Morgan fingerprint density at radius 3 is 2.46 bits per heavy atom. The number of rotatable bonds is 6. The quantitative estimate of drug-likeness (QED) is 0.489. The SMILES string of the molecule is C=C(C)C(C)(O)CCNCC(C)C. The van der Waals surface area contributed by atoms with Crippen LogP contribution in [-0.2, 0) is 0 Å². The van der Waals surface area contributed by atoms with Crippen LogP contribution < -0.4 is 5.32 Å². The average molecular weight is 185 g/mol. The van der Waals surface area contributed by atoms with Gasteiger partial charge in [-0.3, -0.25) is 0 Å². The molecule has 1 atom stereocenters. The fourth-order valence-corrected chi connectivity index (χ4v) is 0.936. The molecule has 0 aromatic carbocycles. The summed E-state index contributed by atoms with van der Waals surface area (Å²) in [7, 11) is 0. The van der Waals surface area contributed by atoms with Gasteiger partial charge in [0.2, 0.25) is 0 Å². The molecule has 2 heteroatoms. The van der Waals surface area contributed by atoms with E-state index in [0.717, 1.165) is 25.1 Å². The summed E-state index contributed by atoms with van der Waals surface area (Å²) in [6, 6.07) is 0. The summed E-state index contributed by atoms with van der Waals surface area (Å²) in [5.74, 6) is 0.662. The maximum atomic E-state index is 9.82. The van der Waals surface area contributed by atoms with Gasteiger partial charge in [-0.05, 0) is 44.8 Å². The Morgan fingerprint density at radius 1 is 1.54 bits per heavy atom. The van der Waals surface area contributed by atoms with Crippen molar-refractivity contribution in [3.8, 4) is 0 Å². The van der Waals surface area contributed by atoms with Crippen LogP contribution >= 0.6 is 0 Å². The molecular formula is C11H23NO. The van der Waals surface area contributed by atoms with Gasteiger partial charge in [-0.1, -0.05) is 20.4 Å². The highest BCUT2D eigenvalue weighted by Crippen LogP contribution is 2.17. The normalized spacial score (nSPS) is 15.8. The van der Waals surface area contributed by atoms with Crippen molar-refractivity contribution in [1.29, 1.82) is 0 Å². The molecule has 0 fully saturated rings. The summed E-state index contributed by atoms with van der Waals surface area (Å²) in [6.45, 7) is 13.6. The molecule has 0 rings (SSSR count). The number of aliphatic hydroxyl groups is 1. The van der Waals surface area contributed by atoms with E-state index in [2.05, 4.69) is 25.7 Å². The molecule has 0 aliphatic heterocycles. The van der Waals surface area contributed by atoms with E-state index in [1.54, 1.807) is 0 Å². The molecule has 0 radical (unpaired) electrons. The topological polar surface area (TPSA) is 32.3 Å². The second-order valence-electron chi connectivity index (χ2n) is 4.40. The van der Waals surface area contributed by atoms with Crippen molar-refractivity contribution in [2.75, 3.05) is 13.1 Å². The molecule has 13 heavy (non-hydrogen) atoms. The molecule has 0 spiro atoms. The van der Waals surface area contributed by atoms with Gasteiger partial charge in [0.05, 0.1) is 5.60 Å². The molecule has 0 saturated carbocycles. The van der Waals surface area contributed by atoms with Crippen molar-refractivity contribution >= 4 is 0 Å². The Kier molecular flexibility index (Phi) is 5.26. The highest BCUT2D eigenvalue weighted by molar-refractivity contribution is 5.06. The Balaban J connectivity index is 3.58. The van der Waals surface area contributed by atoms with Crippen LogP contribution in [-0.4, -0.2) is 23.8 Å². The van der Waals surface area contributed by atoms with Crippen LogP contribution in [0.2, 0.25) is 0 Å². The zero-order valence-electron chi connectivity index (χ0n) is 9.35. The predicted octanol–water partition coefficient (Wildman–Crippen LogP) is 1.95. The van der Waals surface area contributed by atoms with E-state index in [0.29, 0.717) is 5.92 Å². The first kappa shape index (κ1) is 12.7. The molecule has 1 unspecified atom stereocenters. The van der Waals surface area contributed by atoms with Gasteiger partial charge in [-0.2, -0.15) is 0 Å². The van der Waals surface area contributed by atoms with E-state index in [1.165, 1.54) is 0 Å². The largest absolute Gasteiger partial charge is 0.386 e. The molecule has 0 heterocycles. The second-order valence-corrected chi connectivity index (χ2v) is 4.40. The van der Waals surface area contributed by atoms with Gasteiger partial charge in [0.1, 0.15) is 0 Å². The van der Waals surface area contributed by atoms with E-state index in [4.69, 9.17) is 0 Å². The van der Waals surface area contributed by atoms with Crippen LogP contribution in [0.5, 0.6) is 0 Å². The van der Waals surface area contributed by atoms with E-state index in [1.807, 2.05) is 13.8 Å². The smallest absolute Gasteiger partial charge is 0.0835 e. The number of nitrogens with one attached hydrogen (secondary N) is 1. The predicted molar refractivity (Wildman–Crippen MR) is 57.8 cm³/mol. The Morgan fingerprint density at radius 2 is 2.08 bits per heavy atom. The van der Waals surface area contributed by atoms with Crippen LogP contribution in [0.4, 0.5) is 0 Å².